The van der Waals surface area contributed by atoms with Crippen molar-refractivity contribution in [2.24, 2.45) is 5.73 Å². The van der Waals surface area contributed by atoms with E-state index in [1.54, 1.807) is 13.0 Å². The van der Waals surface area contributed by atoms with Crippen LogP contribution in [-0.2, 0) is 17.6 Å². The molecule has 2 amide bonds. The van der Waals surface area contributed by atoms with Crippen LogP contribution in [0.1, 0.15) is 40.6 Å². The lowest BCUT2D eigenvalue weighted by Gasteiger charge is -2.15. The molecule has 1 aromatic carbocycles. The predicted octanol–water partition coefficient (Wildman–Crippen LogP) is 3.89. The Morgan fingerprint density at radius 1 is 1.28 bits per heavy atom. The molecule has 132 valence electrons. The van der Waals surface area contributed by atoms with E-state index in [-0.39, 0.29) is 5.91 Å². The highest BCUT2D eigenvalue weighted by Crippen LogP contribution is 2.38. The van der Waals surface area contributed by atoms with Crippen molar-refractivity contribution in [3.63, 3.8) is 0 Å². The van der Waals surface area contributed by atoms with E-state index >= 15 is 0 Å². The highest BCUT2D eigenvalue weighted by Gasteiger charge is 2.26. The first kappa shape index (κ1) is 17.9. The maximum absolute atomic E-state index is 12.5. The summed E-state index contributed by atoms with van der Waals surface area (Å²) < 4.78 is 6.49. The van der Waals surface area contributed by atoms with Crippen LogP contribution in [0.2, 0.25) is 0 Å². The van der Waals surface area contributed by atoms with Gasteiger partial charge in [-0.25, -0.2) is 0 Å². The summed E-state index contributed by atoms with van der Waals surface area (Å²) >= 11 is 4.84. The molecule has 7 heteroatoms. The van der Waals surface area contributed by atoms with Crippen molar-refractivity contribution >= 4 is 44.1 Å². The van der Waals surface area contributed by atoms with E-state index < -0.39 is 12.0 Å². The lowest BCUT2D eigenvalue weighted by molar-refractivity contribution is -0.122. The molecule has 0 spiro atoms. The van der Waals surface area contributed by atoms with Crippen molar-refractivity contribution in [1.29, 1.82) is 0 Å². The molecular formula is C18H19BrN2O3S. The van der Waals surface area contributed by atoms with E-state index in [4.69, 9.17) is 10.5 Å². The minimum absolute atomic E-state index is 0.308. The number of nitrogens with one attached hydrogen (secondary N) is 1. The highest BCUT2D eigenvalue weighted by atomic mass is 79.9. The Balaban J connectivity index is 1.77. The number of benzene rings is 1. The molecule has 1 aromatic heterocycles. The van der Waals surface area contributed by atoms with Gasteiger partial charge in [-0.3, -0.25) is 9.59 Å². The van der Waals surface area contributed by atoms with Crippen LogP contribution in [0, 0.1) is 0 Å². The third kappa shape index (κ3) is 3.88. The van der Waals surface area contributed by atoms with Crippen LogP contribution >= 0.6 is 27.3 Å². The Bertz CT molecular complexity index is 819. The van der Waals surface area contributed by atoms with Crippen LogP contribution in [0.5, 0.6) is 5.75 Å². The smallest absolute Gasteiger partial charge is 0.265 e. The number of ether oxygens (including phenoxy) is 1. The molecule has 1 aliphatic carbocycles. The number of para-hydroxylation sites is 1. The number of anilines is 1. The van der Waals surface area contributed by atoms with Crippen LogP contribution in [-0.4, -0.2) is 17.9 Å². The summed E-state index contributed by atoms with van der Waals surface area (Å²) in [5.41, 5.74) is 7.02. The lowest BCUT2D eigenvalue weighted by atomic mass is 9.95. The molecule has 0 bridgehead atoms. The quantitative estimate of drug-likeness (QED) is 0.766. The summed E-state index contributed by atoms with van der Waals surface area (Å²) in [6.07, 6.45) is 3.19. The van der Waals surface area contributed by atoms with Gasteiger partial charge in [0, 0.05) is 4.88 Å². The number of carbonyl (C=O) groups is 2. The molecule has 0 saturated heterocycles. The molecule has 3 N–H and O–H groups in total. The van der Waals surface area contributed by atoms with Crippen LogP contribution < -0.4 is 15.8 Å². The number of amides is 2. The van der Waals surface area contributed by atoms with Gasteiger partial charge in [-0.1, -0.05) is 12.1 Å². The van der Waals surface area contributed by atoms with E-state index in [9.17, 15) is 9.59 Å². The van der Waals surface area contributed by atoms with Crippen molar-refractivity contribution < 1.29 is 14.3 Å². The summed E-state index contributed by atoms with van der Waals surface area (Å²) in [6, 6.07) is 7.34. The number of primary amides is 1. The standard InChI is InChI=1S/C18H19BrN2O3S/c1-10(24-13-8-4-3-7-12(13)19)17(23)21-18-15(16(20)22)11-6-2-5-9-14(11)25-18/h3-4,7-8,10H,2,5-6,9H2,1H3,(H2,20,22)(H,21,23). The third-order valence-corrected chi connectivity index (χ3v) is 6.03. The van der Waals surface area contributed by atoms with Crippen LogP contribution in [0.15, 0.2) is 28.7 Å². The molecular weight excluding hydrogens is 404 g/mol. The van der Waals surface area contributed by atoms with Gasteiger partial charge < -0.3 is 15.8 Å². The molecule has 0 aliphatic heterocycles. The molecule has 1 aliphatic rings. The first-order valence-electron chi connectivity index (χ1n) is 8.13. The zero-order chi connectivity index (χ0) is 18.0. The summed E-state index contributed by atoms with van der Waals surface area (Å²) in [7, 11) is 0. The number of aryl methyl sites for hydroxylation is 1. The minimum atomic E-state index is -0.710. The Morgan fingerprint density at radius 3 is 2.72 bits per heavy atom. The molecule has 1 heterocycles. The van der Waals surface area contributed by atoms with Crippen molar-refractivity contribution in [2.75, 3.05) is 5.32 Å². The molecule has 1 atom stereocenters. The monoisotopic (exact) mass is 422 g/mol. The molecule has 25 heavy (non-hydrogen) atoms. The maximum Gasteiger partial charge on any atom is 0.265 e. The fraction of sp³-hybridized carbons (Fsp3) is 0.333. The second-order valence-electron chi connectivity index (χ2n) is 5.96. The number of hydrogen-bond acceptors (Lipinski definition) is 4. The molecule has 0 fully saturated rings. The van der Waals surface area contributed by atoms with E-state index in [0.29, 0.717) is 16.3 Å². The topological polar surface area (TPSA) is 81.4 Å². The lowest BCUT2D eigenvalue weighted by Crippen LogP contribution is -2.30. The fourth-order valence-corrected chi connectivity index (χ4v) is 4.59. The van der Waals surface area contributed by atoms with E-state index in [0.717, 1.165) is 40.6 Å². The average Bonchev–Trinajstić information content (AvgIpc) is 2.94. The second kappa shape index (κ2) is 7.58. The Labute approximate surface area is 158 Å². The average molecular weight is 423 g/mol. The SMILES string of the molecule is CC(Oc1ccccc1Br)C(=O)Nc1sc2c(c1C(N)=O)CCCC2. The van der Waals surface area contributed by atoms with Gasteiger partial charge in [-0.15, -0.1) is 11.3 Å². The Morgan fingerprint density at radius 2 is 2.00 bits per heavy atom. The van der Waals surface area contributed by atoms with E-state index in [1.165, 1.54) is 11.3 Å². The van der Waals surface area contributed by atoms with Crippen molar-refractivity contribution in [2.45, 2.75) is 38.7 Å². The number of nitrogens with two attached hydrogens (primary N) is 1. The van der Waals surface area contributed by atoms with Gasteiger partial charge in [0.15, 0.2) is 6.10 Å². The van der Waals surface area contributed by atoms with Crippen LogP contribution in [0.3, 0.4) is 0 Å². The Hall–Kier alpha value is -1.86. The number of thiophene rings is 1. The molecule has 0 radical (unpaired) electrons. The van der Waals surface area contributed by atoms with Crippen molar-refractivity contribution in [3.8, 4) is 5.75 Å². The van der Waals surface area contributed by atoms with Gasteiger partial charge in [-0.05, 0) is 66.2 Å². The predicted molar refractivity (Wildman–Crippen MR) is 102 cm³/mol. The van der Waals surface area contributed by atoms with Gasteiger partial charge in [-0.2, -0.15) is 0 Å². The van der Waals surface area contributed by atoms with Gasteiger partial charge in [0.1, 0.15) is 10.8 Å². The normalized spacial score (nSPS) is 14.5. The van der Waals surface area contributed by atoms with Crippen LogP contribution in [0.25, 0.3) is 0 Å². The summed E-state index contributed by atoms with van der Waals surface area (Å²) in [5.74, 6) is -0.211. The van der Waals surface area contributed by atoms with Crippen molar-refractivity contribution in [1.82, 2.24) is 0 Å². The number of halogens is 1. The van der Waals surface area contributed by atoms with Crippen LogP contribution in [0.4, 0.5) is 5.00 Å². The minimum Gasteiger partial charge on any atom is -0.480 e. The van der Waals surface area contributed by atoms with Gasteiger partial charge in [0.2, 0.25) is 0 Å². The summed E-state index contributed by atoms with van der Waals surface area (Å²) in [4.78, 5) is 25.5. The Kier molecular flexibility index (Phi) is 5.44. The second-order valence-corrected chi connectivity index (χ2v) is 7.92. The van der Waals surface area contributed by atoms with Gasteiger partial charge in [0.25, 0.3) is 11.8 Å². The van der Waals surface area contributed by atoms with Crippen molar-refractivity contribution in [3.05, 3.63) is 44.7 Å². The van der Waals surface area contributed by atoms with Gasteiger partial charge >= 0.3 is 0 Å². The third-order valence-electron chi connectivity index (χ3n) is 4.16. The number of rotatable bonds is 5. The number of carbonyl (C=O) groups excluding carboxylic acids is 2. The van der Waals surface area contributed by atoms with Gasteiger partial charge in [0.05, 0.1) is 10.0 Å². The fourth-order valence-electron chi connectivity index (χ4n) is 2.91. The molecule has 2 aromatic rings. The maximum atomic E-state index is 12.5. The largest absolute Gasteiger partial charge is 0.480 e. The summed E-state index contributed by atoms with van der Waals surface area (Å²) in [5, 5.41) is 3.36. The van der Waals surface area contributed by atoms with E-state index in [2.05, 4.69) is 21.2 Å². The zero-order valence-electron chi connectivity index (χ0n) is 13.8. The first-order valence-corrected chi connectivity index (χ1v) is 9.74. The zero-order valence-corrected chi connectivity index (χ0v) is 16.2. The molecule has 1 unspecified atom stereocenters. The molecule has 0 saturated carbocycles. The number of fused-ring (bicyclic) bond motifs is 1. The molecule has 5 nitrogen and oxygen atoms in total. The van der Waals surface area contributed by atoms with E-state index in [1.807, 2.05) is 18.2 Å². The highest BCUT2D eigenvalue weighted by molar-refractivity contribution is 9.10. The first-order chi connectivity index (χ1) is 12.0. The number of hydrogen-bond donors (Lipinski definition) is 2. The summed E-state index contributed by atoms with van der Waals surface area (Å²) in [6.45, 7) is 1.67. The molecule has 3 rings (SSSR count).